The lowest BCUT2D eigenvalue weighted by Gasteiger charge is -2.38. The number of amides is 1. The molecular formula is C15H23N3O4S. The molecule has 0 radical (unpaired) electrons. The molecule has 1 aliphatic rings. The van der Waals surface area contributed by atoms with Crippen molar-refractivity contribution in [3.63, 3.8) is 0 Å². The number of hydrogen-bond donors (Lipinski definition) is 3. The number of aliphatic hydroxyl groups is 1. The van der Waals surface area contributed by atoms with Crippen LogP contribution in [0, 0.1) is 5.92 Å². The molecule has 128 valence electrons. The highest BCUT2D eigenvalue weighted by Crippen LogP contribution is 2.31. The summed E-state index contributed by atoms with van der Waals surface area (Å²) in [5.74, 6) is 0.0160. The Morgan fingerprint density at radius 2 is 2.17 bits per heavy atom. The standard InChI is InChI=1S/C15H23N3O4S/c1-23(21,22)17-7-5-15(20)18-14(11-8-13(19)9-11)10-12-4-2-3-6-16-12/h2-4,6,11,13-14,17,19H,5,7-10H2,1H3,(H,18,20)/t11?,13?,14-/m0/s1. The Balaban J connectivity index is 1.88. The second kappa shape index (κ2) is 7.85. The molecule has 0 aromatic carbocycles. The highest BCUT2D eigenvalue weighted by atomic mass is 32.2. The van der Waals surface area contributed by atoms with Crippen molar-refractivity contribution in [1.82, 2.24) is 15.0 Å². The highest BCUT2D eigenvalue weighted by molar-refractivity contribution is 7.88. The van der Waals surface area contributed by atoms with Crippen LogP contribution in [-0.2, 0) is 21.2 Å². The topological polar surface area (TPSA) is 108 Å². The first-order valence-electron chi connectivity index (χ1n) is 7.65. The van der Waals surface area contributed by atoms with Gasteiger partial charge in [-0.25, -0.2) is 13.1 Å². The first kappa shape index (κ1) is 17.8. The molecule has 1 aromatic rings. The number of pyridine rings is 1. The fourth-order valence-electron chi connectivity index (χ4n) is 2.67. The Morgan fingerprint density at radius 3 is 2.74 bits per heavy atom. The average molecular weight is 341 g/mol. The lowest BCUT2D eigenvalue weighted by atomic mass is 9.76. The zero-order chi connectivity index (χ0) is 16.9. The summed E-state index contributed by atoms with van der Waals surface area (Å²) in [5, 5.41) is 12.4. The minimum absolute atomic E-state index is 0.0776. The van der Waals surface area contributed by atoms with Gasteiger partial charge < -0.3 is 10.4 Å². The molecule has 1 heterocycles. The second-order valence-electron chi connectivity index (χ2n) is 6.00. The van der Waals surface area contributed by atoms with Crippen LogP contribution in [0.2, 0.25) is 0 Å². The van der Waals surface area contributed by atoms with E-state index in [1.807, 2.05) is 18.2 Å². The largest absolute Gasteiger partial charge is 0.393 e. The number of sulfonamides is 1. The van der Waals surface area contributed by atoms with Crippen molar-refractivity contribution in [3.8, 4) is 0 Å². The van der Waals surface area contributed by atoms with Crippen LogP contribution < -0.4 is 10.0 Å². The molecule has 0 aliphatic heterocycles. The zero-order valence-electron chi connectivity index (χ0n) is 13.1. The predicted octanol–water partition coefficient (Wildman–Crippen LogP) is -0.181. The van der Waals surface area contributed by atoms with E-state index in [9.17, 15) is 18.3 Å². The third-order valence-corrected chi connectivity index (χ3v) is 4.67. The smallest absolute Gasteiger partial charge is 0.221 e. The van der Waals surface area contributed by atoms with Crippen LogP contribution in [0.5, 0.6) is 0 Å². The number of nitrogens with one attached hydrogen (secondary N) is 2. The van der Waals surface area contributed by atoms with Gasteiger partial charge in [-0.15, -0.1) is 0 Å². The summed E-state index contributed by atoms with van der Waals surface area (Å²) in [5.41, 5.74) is 0.883. The van der Waals surface area contributed by atoms with Gasteiger partial charge in [0.2, 0.25) is 15.9 Å². The van der Waals surface area contributed by atoms with E-state index in [1.165, 1.54) is 0 Å². The third-order valence-electron chi connectivity index (χ3n) is 3.94. The molecule has 1 saturated carbocycles. The average Bonchev–Trinajstić information content (AvgIpc) is 2.43. The first-order chi connectivity index (χ1) is 10.8. The van der Waals surface area contributed by atoms with Crippen LogP contribution in [0.4, 0.5) is 0 Å². The van der Waals surface area contributed by atoms with Gasteiger partial charge in [-0.2, -0.15) is 0 Å². The van der Waals surface area contributed by atoms with Gasteiger partial charge in [0.05, 0.1) is 12.4 Å². The molecular weight excluding hydrogens is 318 g/mol. The number of nitrogens with zero attached hydrogens (tertiary/aromatic N) is 1. The fraction of sp³-hybridized carbons (Fsp3) is 0.600. The number of carbonyl (C=O) groups excluding carboxylic acids is 1. The monoisotopic (exact) mass is 341 g/mol. The van der Waals surface area contributed by atoms with E-state index < -0.39 is 10.0 Å². The Hall–Kier alpha value is -1.51. The van der Waals surface area contributed by atoms with Gasteiger partial charge in [0.1, 0.15) is 0 Å². The summed E-state index contributed by atoms with van der Waals surface area (Å²) in [7, 11) is -3.29. The molecule has 3 N–H and O–H groups in total. The molecule has 0 unspecified atom stereocenters. The van der Waals surface area contributed by atoms with Crippen molar-refractivity contribution in [3.05, 3.63) is 30.1 Å². The van der Waals surface area contributed by atoms with E-state index in [1.54, 1.807) is 6.20 Å². The van der Waals surface area contributed by atoms with Crippen molar-refractivity contribution in [2.75, 3.05) is 12.8 Å². The van der Waals surface area contributed by atoms with Gasteiger partial charge in [-0.1, -0.05) is 6.07 Å². The van der Waals surface area contributed by atoms with Gasteiger partial charge in [-0.05, 0) is 30.9 Å². The summed E-state index contributed by atoms with van der Waals surface area (Å²) in [6, 6.07) is 5.53. The van der Waals surface area contributed by atoms with Crippen molar-refractivity contribution in [1.29, 1.82) is 0 Å². The van der Waals surface area contributed by atoms with Crippen LogP contribution in [0.1, 0.15) is 25.0 Å². The SMILES string of the molecule is CS(=O)(=O)NCCC(=O)N[C@@H](Cc1ccccn1)C1CC(O)C1. The number of hydrogen-bond acceptors (Lipinski definition) is 5. The van der Waals surface area contributed by atoms with Crippen LogP contribution >= 0.6 is 0 Å². The molecule has 0 bridgehead atoms. The molecule has 1 fully saturated rings. The molecule has 23 heavy (non-hydrogen) atoms. The van der Waals surface area contributed by atoms with Gasteiger partial charge in [0.15, 0.2) is 0 Å². The molecule has 0 spiro atoms. The van der Waals surface area contributed by atoms with Gasteiger partial charge in [-0.3, -0.25) is 9.78 Å². The quantitative estimate of drug-likeness (QED) is 0.608. The Labute approximate surface area is 136 Å². The first-order valence-corrected chi connectivity index (χ1v) is 9.54. The van der Waals surface area contributed by atoms with Gasteiger partial charge in [0, 0.05) is 37.3 Å². The van der Waals surface area contributed by atoms with E-state index in [4.69, 9.17) is 0 Å². The predicted molar refractivity (Wildman–Crippen MR) is 86.1 cm³/mol. The molecule has 1 aliphatic carbocycles. The van der Waals surface area contributed by atoms with Crippen LogP contribution in [-0.4, -0.2) is 49.4 Å². The van der Waals surface area contributed by atoms with E-state index in [0.29, 0.717) is 19.3 Å². The Bertz CT molecular complexity index is 615. The maximum absolute atomic E-state index is 12.0. The number of rotatable bonds is 8. The summed E-state index contributed by atoms with van der Waals surface area (Å²) in [4.78, 5) is 16.3. The number of carbonyl (C=O) groups is 1. The zero-order valence-corrected chi connectivity index (χ0v) is 13.9. The minimum atomic E-state index is -3.29. The van der Waals surface area contributed by atoms with Crippen molar-refractivity contribution in [2.24, 2.45) is 5.92 Å². The summed E-state index contributed by atoms with van der Waals surface area (Å²) in [6.07, 6.45) is 4.49. The summed E-state index contributed by atoms with van der Waals surface area (Å²) in [6.45, 7) is 0.0776. The van der Waals surface area contributed by atoms with Crippen molar-refractivity contribution in [2.45, 2.75) is 37.8 Å². The second-order valence-corrected chi connectivity index (χ2v) is 7.83. The molecule has 7 nitrogen and oxygen atoms in total. The third kappa shape index (κ3) is 6.25. The molecule has 1 atom stereocenters. The normalized spacial score (nSPS) is 22.2. The van der Waals surface area contributed by atoms with Gasteiger partial charge >= 0.3 is 0 Å². The van der Waals surface area contributed by atoms with E-state index in [0.717, 1.165) is 11.9 Å². The Kier molecular flexibility index (Phi) is 6.09. The van der Waals surface area contributed by atoms with Gasteiger partial charge in [0.25, 0.3) is 0 Å². The van der Waals surface area contributed by atoms with Crippen molar-refractivity contribution < 1.29 is 18.3 Å². The molecule has 1 amide bonds. The van der Waals surface area contributed by atoms with Crippen molar-refractivity contribution >= 4 is 15.9 Å². The van der Waals surface area contributed by atoms with Crippen LogP contribution in [0.3, 0.4) is 0 Å². The Morgan fingerprint density at radius 1 is 1.43 bits per heavy atom. The maximum Gasteiger partial charge on any atom is 0.221 e. The van der Waals surface area contributed by atoms with E-state index in [2.05, 4.69) is 15.0 Å². The molecule has 2 rings (SSSR count). The lowest BCUT2D eigenvalue weighted by Crippen LogP contribution is -2.48. The minimum Gasteiger partial charge on any atom is -0.393 e. The van der Waals surface area contributed by atoms with Crippen LogP contribution in [0.15, 0.2) is 24.4 Å². The lowest BCUT2D eigenvalue weighted by molar-refractivity contribution is -0.122. The van der Waals surface area contributed by atoms with E-state index in [-0.39, 0.29) is 36.9 Å². The fourth-order valence-corrected chi connectivity index (χ4v) is 3.14. The van der Waals surface area contributed by atoms with Crippen LogP contribution in [0.25, 0.3) is 0 Å². The molecule has 8 heteroatoms. The molecule has 1 aromatic heterocycles. The summed E-state index contributed by atoms with van der Waals surface area (Å²) >= 11 is 0. The maximum atomic E-state index is 12.0. The number of aromatic nitrogens is 1. The molecule has 0 saturated heterocycles. The summed E-state index contributed by atoms with van der Waals surface area (Å²) < 4.78 is 24.3. The highest BCUT2D eigenvalue weighted by Gasteiger charge is 2.34. The van der Waals surface area contributed by atoms with E-state index >= 15 is 0 Å². The number of aliphatic hydroxyl groups excluding tert-OH is 1.